The number of aliphatic hydroxyl groups is 2. The number of hydrogen-bond donors (Lipinski definition) is 3. The van der Waals surface area contributed by atoms with E-state index in [4.69, 9.17) is 9.47 Å². The number of fused-ring (bicyclic) bond motifs is 1. The van der Waals surface area contributed by atoms with Crippen LogP contribution in [-0.4, -0.2) is 63.7 Å². The molecule has 192 valence electrons. The molecular formula is C27H33FN4O4. The van der Waals surface area contributed by atoms with Crippen LogP contribution in [0.4, 0.5) is 10.3 Å². The molecule has 3 aromatic rings. The molecule has 0 amide bonds. The van der Waals surface area contributed by atoms with Gasteiger partial charge in [-0.1, -0.05) is 19.9 Å². The maximum atomic E-state index is 15.1. The van der Waals surface area contributed by atoms with E-state index in [0.29, 0.717) is 44.6 Å². The third kappa shape index (κ3) is 4.56. The highest BCUT2D eigenvalue weighted by Gasteiger charge is 2.36. The van der Waals surface area contributed by atoms with E-state index < -0.39 is 17.5 Å². The van der Waals surface area contributed by atoms with Crippen LogP contribution in [0.3, 0.4) is 0 Å². The van der Waals surface area contributed by atoms with Gasteiger partial charge in [0.15, 0.2) is 5.82 Å². The molecule has 2 aromatic heterocycles. The van der Waals surface area contributed by atoms with Gasteiger partial charge in [-0.25, -0.2) is 14.4 Å². The van der Waals surface area contributed by atoms with E-state index in [0.717, 1.165) is 33.8 Å². The summed E-state index contributed by atoms with van der Waals surface area (Å²) >= 11 is 0. The molecule has 2 atom stereocenters. The molecule has 2 fully saturated rings. The number of nitrogens with zero attached hydrogens (tertiary/aromatic N) is 3. The summed E-state index contributed by atoms with van der Waals surface area (Å²) < 4.78 is 25.9. The number of ether oxygens (including phenoxy) is 2. The molecule has 2 aliphatic heterocycles. The first-order valence-corrected chi connectivity index (χ1v) is 12.6. The summed E-state index contributed by atoms with van der Waals surface area (Å²) in [7, 11) is 0. The van der Waals surface area contributed by atoms with Crippen LogP contribution in [0.2, 0.25) is 0 Å². The van der Waals surface area contributed by atoms with Crippen LogP contribution in [0.1, 0.15) is 55.7 Å². The highest BCUT2D eigenvalue weighted by molar-refractivity contribution is 5.92. The Morgan fingerprint density at radius 3 is 2.61 bits per heavy atom. The summed E-state index contributed by atoms with van der Waals surface area (Å²) in [6, 6.07) is 3.43. The van der Waals surface area contributed by atoms with Gasteiger partial charge in [0.1, 0.15) is 5.69 Å². The molecule has 0 spiro atoms. The molecule has 0 saturated carbocycles. The molecule has 8 nitrogen and oxygen atoms in total. The number of pyridine rings is 1. The summed E-state index contributed by atoms with van der Waals surface area (Å²) in [6.45, 7) is 7.89. The second kappa shape index (κ2) is 9.97. The molecule has 0 unspecified atom stereocenters. The predicted molar refractivity (Wildman–Crippen MR) is 134 cm³/mol. The molecule has 0 radical (unpaired) electrons. The lowest BCUT2D eigenvalue weighted by Crippen LogP contribution is -2.42. The normalized spacial score (nSPS) is 22.2. The van der Waals surface area contributed by atoms with Crippen molar-refractivity contribution in [2.75, 3.05) is 31.7 Å². The number of anilines is 1. The maximum Gasteiger partial charge on any atom is 0.223 e. The first-order chi connectivity index (χ1) is 17.3. The fourth-order valence-electron chi connectivity index (χ4n) is 5.37. The zero-order chi connectivity index (χ0) is 25.4. The van der Waals surface area contributed by atoms with Crippen molar-refractivity contribution in [2.45, 2.75) is 63.7 Å². The Bertz CT molecular complexity index is 1260. The topological polar surface area (TPSA) is 110 Å². The third-order valence-corrected chi connectivity index (χ3v) is 7.37. The van der Waals surface area contributed by atoms with Crippen molar-refractivity contribution in [1.82, 2.24) is 15.0 Å². The molecule has 9 heteroatoms. The molecule has 36 heavy (non-hydrogen) atoms. The highest BCUT2D eigenvalue weighted by Crippen LogP contribution is 2.42. The summed E-state index contributed by atoms with van der Waals surface area (Å²) in [4.78, 5) is 13.3. The van der Waals surface area contributed by atoms with E-state index in [2.05, 4.69) is 34.1 Å². The van der Waals surface area contributed by atoms with Gasteiger partial charge >= 0.3 is 0 Å². The van der Waals surface area contributed by atoms with Gasteiger partial charge < -0.3 is 25.0 Å². The number of halogens is 1. The summed E-state index contributed by atoms with van der Waals surface area (Å²) in [5.74, 6) is -0.174. The van der Waals surface area contributed by atoms with Crippen LogP contribution < -0.4 is 5.32 Å². The van der Waals surface area contributed by atoms with Gasteiger partial charge in [0, 0.05) is 55.4 Å². The van der Waals surface area contributed by atoms with E-state index in [1.807, 2.05) is 19.1 Å². The monoisotopic (exact) mass is 496 g/mol. The Morgan fingerprint density at radius 2 is 1.89 bits per heavy atom. The minimum Gasteiger partial charge on any atom is -0.389 e. The van der Waals surface area contributed by atoms with Gasteiger partial charge in [0.25, 0.3) is 0 Å². The first-order valence-electron chi connectivity index (χ1n) is 12.6. The van der Waals surface area contributed by atoms with Gasteiger partial charge in [-0.05, 0) is 36.5 Å². The quantitative estimate of drug-likeness (QED) is 0.489. The van der Waals surface area contributed by atoms with Gasteiger partial charge in [0.2, 0.25) is 5.95 Å². The second-order valence-electron chi connectivity index (χ2n) is 10.1. The van der Waals surface area contributed by atoms with E-state index in [9.17, 15) is 10.2 Å². The largest absolute Gasteiger partial charge is 0.389 e. The minimum absolute atomic E-state index is 0.105. The average Bonchev–Trinajstić information content (AvgIpc) is 2.87. The standard InChI is InChI=1S/C27H33FN4O4/c1-15(2)23-18(27(34)7-10-35-11-8-27)12-29-21-5-4-17(16(3)24(21)23)25-19(28)13-30-26(32-25)31-20-6-9-36-14-22(20)33/h4-5,12-13,15,20,22,33-34H,6-11,14H2,1-3H3,(H,30,31,32)/t20-,22-/m1/s1. The average molecular weight is 497 g/mol. The van der Waals surface area contributed by atoms with Crippen molar-refractivity contribution in [1.29, 1.82) is 0 Å². The number of nitrogens with one attached hydrogen (secondary N) is 1. The predicted octanol–water partition coefficient (Wildman–Crippen LogP) is 3.82. The molecule has 5 rings (SSSR count). The lowest BCUT2D eigenvalue weighted by molar-refractivity contribution is -0.0686. The number of benzene rings is 1. The van der Waals surface area contributed by atoms with Crippen molar-refractivity contribution in [3.8, 4) is 11.3 Å². The van der Waals surface area contributed by atoms with E-state index >= 15 is 4.39 Å². The van der Waals surface area contributed by atoms with Crippen molar-refractivity contribution < 1.29 is 24.1 Å². The Balaban J connectivity index is 1.62. The van der Waals surface area contributed by atoms with Gasteiger partial charge in [-0.2, -0.15) is 0 Å². The molecular weight excluding hydrogens is 463 g/mol. The molecule has 0 aliphatic carbocycles. The SMILES string of the molecule is Cc1c(-c2nc(N[C@@H]3CCOC[C@H]3O)ncc2F)ccc2ncc(C3(O)CCOCC3)c(C(C)C)c12. The summed E-state index contributed by atoms with van der Waals surface area (Å²) in [6.07, 6.45) is 3.87. The van der Waals surface area contributed by atoms with Gasteiger partial charge in [0.05, 0.1) is 36.1 Å². The first kappa shape index (κ1) is 25.0. The number of aryl methyl sites for hydroxylation is 1. The van der Waals surface area contributed by atoms with Crippen molar-refractivity contribution >= 4 is 16.9 Å². The second-order valence-corrected chi connectivity index (χ2v) is 10.1. The maximum absolute atomic E-state index is 15.1. The van der Waals surface area contributed by atoms with E-state index in [1.54, 1.807) is 6.20 Å². The van der Waals surface area contributed by atoms with Crippen LogP contribution in [-0.2, 0) is 15.1 Å². The Hall–Kier alpha value is -2.72. The molecule has 1 aromatic carbocycles. The van der Waals surface area contributed by atoms with E-state index in [1.165, 1.54) is 0 Å². The van der Waals surface area contributed by atoms with Crippen molar-refractivity contribution in [3.05, 3.63) is 47.0 Å². The summed E-state index contributed by atoms with van der Waals surface area (Å²) in [5, 5.41) is 25.8. The fourth-order valence-corrected chi connectivity index (χ4v) is 5.37. The lowest BCUT2D eigenvalue weighted by atomic mass is 9.79. The molecule has 2 saturated heterocycles. The van der Waals surface area contributed by atoms with Crippen LogP contribution >= 0.6 is 0 Å². The molecule has 0 bridgehead atoms. The third-order valence-electron chi connectivity index (χ3n) is 7.37. The zero-order valence-electron chi connectivity index (χ0n) is 20.9. The molecule has 3 N–H and O–H groups in total. The van der Waals surface area contributed by atoms with Gasteiger partial charge in [-0.15, -0.1) is 0 Å². The fraction of sp³-hybridized carbons (Fsp3) is 0.519. The van der Waals surface area contributed by atoms with Crippen molar-refractivity contribution in [3.63, 3.8) is 0 Å². The lowest BCUT2D eigenvalue weighted by Gasteiger charge is -2.35. The van der Waals surface area contributed by atoms with Crippen molar-refractivity contribution in [2.24, 2.45) is 0 Å². The zero-order valence-corrected chi connectivity index (χ0v) is 20.9. The van der Waals surface area contributed by atoms with Crippen LogP contribution in [0.15, 0.2) is 24.5 Å². The molecule has 2 aliphatic rings. The van der Waals surface area contributed by atoms with Crippen LogP contribution in [0.5, 0.6) is 0 Å². The Labute approximate surface area is 209 Å². The van der Waals surface area contributed by atoms with Crippen LogP contribution in [0.25, 0.3) is 22.2 Å². The number of aliphatic hydroxyl groups excluding tert-OH is 1. The van der Waals surface area contributed by atoms with Crippen LogP contribution in [0, 0.1) is 12.7 Å². The highest BCUT2D eigenvalue weighted by atomic mass is 19.1. The van der Waals surface area contributed by atoms with E-state index in [-0.39, 0.29) is 30.2 Å². The van der Waals surface area contributed by atoms with Gasteiger partial charge in [-0.3, -0.25) is 4.98 Å². The Kier molecular flexibility index (Phi) is 6.91. The molecule has 4 heterocycles. The number of aromatic nitrogens is 3. The minimum atomic E-state index is -1.01. The number of hydrogen-bond acceptors (Lipinski definition) is 8. The Morgan fingerprint density at radius 1 is 1.11 bits per heavy atom. The smallest absolute Gasteiger partial charge is 0.223 e. The summed E-state index contributed by atoms with van der Waals surface area (Å²) in [5.41, 5.74) is 3.27. The number of rotatable bonds is 5.